The molecular formula is C23H36N6O3. The number of aromatic nitrogens is 3. The second-order valence-corrected chi connectivity index (χ2v) is 8.04. The third kappa shape index (κ3) is 7.37. The molecule has 1 aliphatic rings. The van der Waals surface area contributed by atoms with Crippen LogP contribution in [0.15, 0.2) is 12.1 Å². The van der Waals surface area contributed by atoms with Gasteiger partial charge in [0, 0.05) is 31.8 Å². The lowest BCUT2D eigenvalue weighted by molar-refractivity contribution is 0.0547. The number of hydrogen-bond donors (Lipinski definition) is 3. The van der Waals surface area contributed by atoms with Gasteiger partial charge in [0.2, 0.25) is 11.9 Å². The number of rotatable bonds is 13. The molecule has 1 fully saturated rings. The second-order valence-electron chi connectivity index (χ2n) is 8.04. The Balaban J connectivity index is 1.68. The first-order valence-electron chi connectivity index (χ1n) is 11.4. The first kappa shape index (κ1) is 24.3. The molecule has 0 amide bonds. The van der Waals surface area contributed by atoms with E-state index in [0.29, 0.717) is 63.8 Å². The van der Waals surface area contributed by atoms with Crippen LogP contribution in [0.25, 0.3) is 11.4 Å². The molecule has 2 heterocycles. The van der Waals surface area contributed by atoms with Gasteiger partial charge in [-0.15, -0.1) is 0 Å². The second kappa shape index (κ2) is 12.6. The van der Waals surface area contributed by atoms with Crippen LogP contribution >= 0.6 is 0 Å². The van der Waals surface area contributed by atoms with Crippen molar-refractivity contribution in [1.29, 1.82) is 0 Å². The number of anilines is 2. The van der Waals surface area contributed by atoms with Gasteiger partial charge >= 0.3 is 0 Å². The van der Waals surface area contributed by atoms with E-state index in [1.54, 1.807) is 0 Å². The van der Waals surface area contributed by atoms with E-state index in [1.165, 1.54) is 5.56 Å². The Morgan fingerprint density at radius 3 is 2.31 bits per heavy atom. The predicted molar refractivity (Wildman–Crippen MR) is 126 cm³/mol. The Kier molecular flexibility index (Phi) is 9.61. The van der Waals surface area contributed by atoms with Gasteiger partial charge in [0.15, 0.2) is 5.82 Å². The lowest BCUT2D eigenvalue weighted by atomic mass is 9.99. The molecule has 2 aromatic rings. The molecular weight excluding hydrogens is 408 g/mol. The monoisotopic (exact) mass is 444 g/mol. The summed E-state index contributed by atoms with van der Waals surface area (Å²) in [5, 5.41) is 6.59. The summed E-state index contributed by atoms with van der Waals surface area (Å²) in [4.78, 5) is 14.0. The molecule has 0 bridgehead atoms. The molecule has 3 rings (SSSR count). The number of hydrogen-bond acceptors (Lipinski definition) is 9. The summed E-state index contributed by atoms with van der Waals surface area (Å²) in [6.07, 6.45) is 2.35. The van der Waals surface area contributed by atoms with Crippen molar-refractivity contribution in [3.05, 3.63) is 28.8 Å². The standard InChI is InChI=1S/C23H36N6O3/c1-16-13-17(2)20(18(3)14-16)21-27-22(25-7-10-31-12-11-30-9-6-24)29-23(28-21)26-15-19-5-4-8-32-19/h13-14,19H,4-12,15,24H2,1-3H3,(H2,25,26,27,28,29). The minimum absolute atomic E-state index is 0.198. The van der Waals surface area contributed by atoms with Crippen LogP contribution in [-0.2, 0) is 14.2 Å². The van der Waals surface area contributed by atoms with Crippen LogP contribution in [-0.4, -0.2) is 73.7 Å². The van der Waals surface area contributed by atoms with Crippen molar-refractivity contribution in [2.75, 3.05) is 63.3 Å². The third-order valence-corrected chi connectivity index (χ3v) is 5.21. The number of nitrogens with one attached hydrogen (secondary N) is 2. The fourth-order valence-corrected chi connectivity index (χ4v) is 3.83. The van der Waals surface area contributed by atoms with Gasteiger partial charge in [0.25, 0.3) is 0 Å². The molecule has 0 spiro atoms. The van der Waals surface area contributed by atoms with E-state index in [4.69, 9.17) is 29.9 Å². The number of nitrogens with two attached hydrogens (primary N) is 1. The highest BCUT2D eigenvalue weighted by atomic mass is 16.5. The van der Waals surface area contributed by atoms with Crippen LogP contribution in [0.3, 0.4) is 0 Å². The van der Waals surface area contributed by atoms with Gasteiger partial charge in [-0.25, -0.2) is 0 Å². The maximum atomic E-state index is 5.72. The maximum absolute atomic E-state index is 5.72. The van der Waals surface area contributed by atoms with Gasteiger partial charge in [0.05, 0.1) is 32.5 Å². The SMILES string of the molecule is Cc1cc(C)c(-c2nc(NCCOCCOCCN)nc(NCC3CCCO3)n2)c(C)c1. The average Bonchev–Trinajstić information content (AvgIpc) is 3.27. The van der Waals surface area contributed by atoms with E-state index in [-0.39, 0.29) is 6.10 Å². The summed E-state index contributed by atoms with van der Waals surface area (Å²) in [5.41, 5.74) is 9.94. The fraction of sp³-hybridized carbons (Fsp3) is 0.609. The zero-order valence-electron chi connectivity index (χ0n) is 19.4. The Morgan fingerprint density at radius 1 is 0.969 bits per heavy atom. The minimum Gasteiger partial charge on any atom is -0.378 e. The van der Waals surface area contributed by atoms with Crippen molar-refractivity contribution < 1.29 is 14.2 Å². The topological polar surface area (TPSA) is 116 Å². The lowest BCUT2D eigenvalue weighted by Gasteiger charge is -2.15. The van der Waals surface area contributed by atoms with Crippen molar-refractivity contribution in [3.63, 3.8) is 0 Å². The quantitative estimate of drug-likeness (QED) is 0.401. The first-order valence-corrected chi connectivity index (χ1v) is 11.4. The van der Waals surface area contributed by atoms with E-state index in [2.05, 4.69) is 48.5 Å². The van der Waals surface area contributed by atoms with Crippen molar-refractivity contribution in [2.45, 2.75) is 39.7 Å². The Hall–Kier alpha value is -2.33. The highest BCUT2D eigenvalue weighted by molar-refractivity contribution is 5.67. The minimum atomic E-state index is 0.198. The zero-order chi connectivity index (χ0) is 22.8. The molecule has 176 valence electrons. The normalized spacial score (nSPS) is 15.8. The van der Waals surface area contributed by atoms with Crippen molar-refractivity contribution in [3.8, 4) is 11.4 Å². The van der Waals surface area contributed by atoms with Crippen LogP contribution in [0.4, 0.5) is 11.9 Å². The van der Waals surface area contributed by atoms with Crippen LogP contribution < -0.4 is 16.4 Å². The molecule has 1 saturated heterocycles. The number of benzene rings is 1. The molecule has 1 aromatic heterocycles. The van der Waals surface area contributed by atoms with Gasteiger partial charge in [-0.05, 0) is 44.7 Å². The summed E-state index contributed by atoms with van der Waals surface area (Å²) < 4.78 is 16.6. The third-order valence-electron chi connectivity index (χ3n) is 5.21. The molecule has 0 aliphatic carbocycles. The van der Waals surface area contributed by atoms with E-state index >= 15 is 0 Å². The largest absolute Gasteiger partial charge is 0.378 e. The lowest BCUT2D eigenvalue weighted by Crippen LogP contribution is -2.21. The molecule has 1 unspecified atom stereocenters. The molecule has 4 N–H and O–H groups in total. The van der Waals surface area contributed by atoms with Crippen LogP contribution in [0.2, 0.25) is 0 Å². The smallest absolute Gasteiger partial charge is 0.228 e. The van der Waals surface area contributed by atoms with Gasteiger partial charge in [-0.1, -0.05) is 17.7 Å². The van der Waals surface area contributed by atoms with Crippen molar-refractivity contribution in [1.82, 2.24) is 15.0 Å². The van der Waals surface area contributed by atoms with E-state index < -0.39 is 0 Å². The highest BCUT2D eigenvalue weighted by Crippen LogP contribution is 2.27. The van der Waals surface area contributed by atoms with E-state index in [1.807, 2.05) is 0 Å². The van der Waals surface area contributed by atoms with Gasteiger partial charge in [0.1, 0.15) is 0 Å². The predicted octanol–water partition coefficient (Wildman–Crippen LogP) is 2.46. The van der Waals surface area contributed by atoms with Crippen LogP contribution in [0.5, 0.6) is 0 Å². The summed E-state index contributed by atoms with van der Waals surface area (Å²) in [6.45, 7) is 11.0. The average molecular weight is 445 g/mol. The number of aryl methyl sites for hydroxylation is 3. The van der Waals surface area contributed by atoms with Crippen LogP contribution in [0.1, 0.15) is 29.5 Å². The fourth-order valence-electron chi connectivity index (χ4n) is 3.83. The van der Waals surface area contributed by atoms with Crippen LogP contribution in [0, 0.1) is 20.8 Å². The molecule has 9 heteroatoms. The highest BCUT2D eigenvalue weighted by Gasteiger charge is 2.17. The van der Waals surface area contributed by atoms with Gasteiger partial charge in [-0.2, -0.15) is 15.0 Å². The van der Waals surface area contributed by atoms with E-state index in [9.17, 15) is 0 Å². The van der Waals surface area contributed by atoms with Gasteiger partial charge < -0.3 is 30.6 Å². The summed E-state index contributed by atoms with van der Waals surface area (Å²) in [6, 6.07) is 4.30. The molecule has 0 saturated carbocycles. The Labute approximate surface area is 190 Å². The number of ether oxygens (including phenoxy) is 3. The summed E-state index contributed by atoms with van der Waals surface area (Å²) in [5.74, 6) is 1.72. The van der Waals surface area contributed by atoms with Gasteiger partial charge in [-0.3, -0.25) is 0 Å². The molecule has 0 radical (unpaired) electrons. The Morgan fingerprint density at radius 2 is 1.66 bits per heavy atom. The number of nitrogens with zero attached hydrogens (tertiary/aromatic N) is 3. The molecule has 1 aliphatic heterocycles. The first-order chi connectivity index (χ1) is 15.6. The van der Waals surface area contributed by atoms with Crippen molar-refractivity contribution in [2.24, 2.45) is 5.73 Å². The zero-order valence-corrected chi connectivity index (χ0v) is 19.4. The summed E-state index contributed by atoms with van der Waals surface area (Å²) >= 11 is 0. The summed E-state index contributed by atoms with van der Waals surface area (Å²) in [7, 11) is 0. The molecule has 9 nitrogen and oxygen atoms in total. The van der Waals surface area contributed by atoms with E-state index in [0.717, 1.165) is 36.1 Å². The molecule has 32 heavy (non-hydrogen) atoms. The maximum Gasteiger partial charge on any atom is 0.228 e. The van der Waals surface area contributed by atoms with Crippen molar-refractivity contribution >= 4 is 11.9 Å². The molecule has 1 aromatic carbocycles. The Bertz CT molecular complexity index is 835. The molecule has 1 atom stereocenters.